The third-order valence-corrected chi connectivity index (χ3v) is 6.01. The number of rotatable bonds is 5. The van der Waals surface area contributed by atoms with Crippen LogP contribution in [0.25, 0.3) is 11.4 Å². The van der Waals surface area contributed by atoms with Gasteiger partial charge in [0.1, 0.15) is 11.6 Å². The first-order chi connectivity index (χ1) is 14.6. The van der Waals surface area contributed by atoms with Gasteiger partial charge in [0.15, 0.2) is 0 Å². The summed E-state index contributed by atoms with van der Waals surface area (Å²) in [4.78, 5) is 32.8. The van der Waals surface area contributed by atoms with Gasteiger partial charge in [0.05, 0.1) is 37.0 Å². The van der Waals surface area contributed by atoms with Gasteiger partial charge in [0.25, 0.3) is 5.91 Å². The number of carbonyl (C=O) groups is 1. The monoisotopic (exact) mass is 404 g/mol. The van der Waals surface area contributed by atoms with E-state index in [0.717, 1.165) is 35.5 Å². The molecule has 5 rings (SSSR count). The quantitative estimate of drug-likeness (QED) is 0.650. The van der Waals surface area contributed by atoms with Crippen molar-refractivity contribution in [2.75, 3.05) is 7.11 Å². The number of aryl methyl sites for hydroxylation is 1. The largest absolute Gasteiger partial charge is 0.481 e. The van der Waals surface area contributed by atoms with Crippen molar-refractivity contribution in [3.63, 3.8) is 0 Å². The number of ether oxygens (including phenoxy) is 1. The smallest absolute Gasteiger partial charge is 0.256 e. The zero-order chi connectivity index (χ0) is 20.7. The average molecular weight is 404 g/mol. The maximum Gasteiger partial charge on any atom is 0.256 e. The molecule has 8 nitrogen and oxygen atoms in total. The van der Waals surface area contributed by atoms with Gasteiger partial charge in [-0.1, -0.05) is 12.8 Å². The summed E-state index contributed by atoms with van der Waals surface area (Å²) in [5, 5.41) is 0. The summed E-state index contributed by atoms with van der Waals surface area (Å²) in [6, 6.07) is 2.27. The number of imidazole rings is 1. The summed E-state index contributed by atoms with van der Waals surface area (Å²) in [5.41, 5.74) is 3.19. The Kier molecular flexibility index (Phi) is 4.69. The first-order valence-electron chi connectivity index (χ1n) is 10.3. The number of fused-ring (bicyclic) bond motifs is 1. The molecule has 8 heteroatoms. The molecule has 0 aromatic carbocycles. The van der Waals surface area contributed by atoms with Crippen LogP contribution in [0, 0.1) is 6.92 Å². The number of hydrogen-bond acceptors (Lipinski definition) is 6. The third kappa shape index (κ3) is 3.22. The van der Waals surface area contributed by atoms with Crippen LogP contribution in [0.2, 0.25) is 0 Å². The van der Waals surface area contributed by atoms with Crippen LogP contribution in [-0.4, -0.2) is 48.5 Å². The number of pyridine rings is 1. The Morgan fingerprint density at radius 2 is 1.93 bits per heavy atom. The summed E-state index contributed by atoms with van der Waals surface area (Å²) in [5.74, 6) is 2.11. The van der Waals surface area contributed by atoms with E-state index in [-0.39, 0.29) is 5.91 Å². The number of hydrogen-bond donors (Lipinski definition) is 0. The van der Waals surface area contributed by atoms with Crippen molar-refractivity contribution >= 4 is 5.91 Å². The van der Waals surface area contributed by atoms with E-state index in [2.05, 4.69) is 15.0 Å². The fourth-order valence-corrected chi connectivity index (χ4v) is 4.46. The number of nitrogens with zero attached hydrogens (tertiary/aromatic N) is 6. The molecule has 2 aliphatic rings. The molecule has 1 aliphatic carbocycles. The van der Waals surface area contributed by atoms with E-state index in [4.69, 9.17) is 9.72 Å². The van der Waals surface area contributed by atoms with E-state index >= 15 is 0 Å². The van der Waals surface area contributed by atoms with E-state index in [0.29, 0.717) is 36.4 Å². The maximum absolute atomic E-state index is 13.1. The Balaban J connectivity index is 1.46. The lowest BCUT2D eigenvalue weighted by molar-refractivity contribution is 0.0706. The standard InChI is InChI=1S/C22H24N6O2/c1-14-24-10-16(11-25-14)20-23-7-8-27(20)12-15-9-18-19(26-21(15)30-2)13-28(22(18)29)17-5-3-4-6-17/h7-11,17H,3-6,12-13H2,1-2H3. The van der Waals surface area contributed by atoms with Crippen LogP contribution in [-0.2, 0) is 13.1 Å². The minimum Gasteiger partial charge on any atom is -0.481 e. The van der Waals surface area contributed by atoms with Gasteiger partial charge in [-0.2, -0.15) is 0 Å². The van der Waals surface area contributed by atoms with Gasteiger partial charge in [-0.15, -0.1) is 0 Å². The van der Waals surface area contributed by atoms with Crippen LogP contribution in [0.4, 0.5) is 0 Å². The molecule has 30 heavy (non-hydrogen) atoms. The third-order valence-electron chi connectivity index (χ3n) is 6.01. The highest BCUT2D eigenvalue weighted by molar-refractivity contribution is 5.98. The topological polar surface area (TPSA) is 86.0 Å². The lowest BCUT2D eigenvalue weighted by Crippen LogP contribution is -2.33. The Morgan fingerprint density at radius 1 is 1.17 bits per heavy atom. The summed E-state index contributed by atoms with van der Waals surface area (Å²) >= 11 is 0. The summed E-state index contributed by atoms with van der Waals surface area (Å²) in [7, 11) is 1.62. The van der Waals surface area contributed by atoms with Crippen molar-refractivity contribution in [3.8, 4) is 17.3 Å². The molecule has 0 atom stereocenters. The number of carbonyl (C=O) groups excluding carboxylic acids is 1. The average Bonchev–Trinajstić information content (AvgIpc) is 3.50. The fraction of sp³-hybridized carbons (Fsp3) is 0.409. The van der Waals surface area contributed by atoms with Crippen molar-refractivity contribution in [2.24, 2.45) is 0 Å². The molecule has 1 aliphatic heterocycles. The van der Waals surface area contributed by atoms with E-state index in [9.17, 15) is 4.79 Å². The van der Waals surface area contributed by atoms with Gasteiger partial charge in [-0.05, 0) is 25.8 Å². The highest BCUT2D eigenvalue weighted by atomic mass is 16.5. The Morgan fingerprint density at radius 3 is 2.67 bits per heavy atom. The maximum atomic E-state index is 13.1. The molecule has 0 spiro atoms. The van der Waals surface area contributed by atoms with Gasteiger partial charge in [-0.25, -0.2) is 19.9 Å². The highest BCUT2D eigenvalue weighted by Crippen LogP contribution is 2.33. The predicted molar refractivity (Wildman–Crippen MR) is 110 cm³/mol. The van der Waals surface area contributed by atoms with Gasteiger partial charge in [0, 0.05) is 36.4 Å². The molecule has 0 N–H and O–H groups in total. The van der Waals surface area contributed by atoms with Crippen LogP contribution in [0.15, 0.2) is 30.9 Å². The van der Waals surface area contributed by atoms with Crippen LogP contribution in [0.3, 0.4) is 0 Å². The van der Waals surface area contributed by atoms with Crippen LogP contribution < -0.4 is 4.74 Å². The molecule has 0 unspecified atom stereocenters. The fourth-order valence-electron chi connectivity index (χ4n) is 4.46. The molecule has 0 radical (unpaired) electrons. The second-order valence-corrected chi connectivity index (χ2v) is 7.92. The first-order valence-corrected chi connectivity index (χ1v) is 10.3. The lowest BCUT2D eigenvalue weighted by atomic mass is 10.1. The molecule has 1 saturated carbocycles. The van der Waals surface area contributed by atoms with Gasteiger partial charge >= 0.3 is 0 Å². The second kappa shape index (κ2) is 7.51. The molecule has 4 heterocycles. The molecule has 1 fully saturated rings. The summed E-state index contributed by atoms with van der Waals surface area (Å²) in [6.45, 7) is 2.92. The van der Waals surface area contributed by atoms with Crippen molar-refractivity contribution < 1.29 is 9.53 Å². The lowest BCUT2D eigenvalue weighted by Gasteiger charge is -2.22. The van der Waals surface area contributed by atoms with Gasteiger partial charge in [0.2, 0.25) is 5.88 Å². The van der Waals surface area contributed by atoms with Gasteiger partial charge in [-0.3, -0.25) is 4.79 Å². The van der Waals surface area contributed by atoms with Crippen molar-refractivity contribution in [1.82, 2.24) is 29.4 Å². The summed E-state index contributed by atoms with van der Waals surface area (Å²) in [6.07, 6.45) is 11.7. The molecule has 0 bridgehead atoms. The van der Waals surface area contributed by atoms with E-state index in [1.54, 1.807) is 25.7 Å². The second-order valence-electron chi connectivity index (χ2n) is 7.92. The SMILES string of the molecule is COc1nc2c(cc1Cn1ccnc1-c1cnc(C)nc1)C(=O)N(C1CCCC1)C2. The van der Waals surface area contributed by atoms with E-state index in [1.807, 2.05) is 28.7 Å². The molecule has 3 aromatic rings. The van der Waals surface area contributed by atoms with Crippen molar-refractivity contribution in [3.05, 3.63) is 53.5 Å². The van der Waals surface area contributed by atoms with Crippen molar-refractivity contribution in [2.45, 2.75) is 51.7 Å². The van der Waals surface area contributed by atoms with Crippen LogP contribution in [0.1, 0.15) is 53.1 Å². The highest BCUT2D eigenvalue weighted by Gasteiger charge is 2.36. The van der Waals surface area contributed by atoms with E-state index in [1.165, 1.54) is 12.8 Å². The minimum atomic E-state index is 0.0890. The Bertz CT molecular complexity index is 1090. The Labute approximate surface area is 175 Å². The molecule has 1 amide bonds. The first kappa shape index (κ1) is 18.7. The molecule has 154 valence electrons. The number of aromatic nitrogens is 5. The zero-order valence-corrected chi connectivity index (χ0v) is 17.2. The van der Waals surface area contributed by atoms with Crippen LogP contribution in [0.5, 0.6) is 5.88 Å². The molecular formula is C22H24N6O2. The molecule has 0 saturated heterocycles. The van der Waals surface area contributed by atoms with Crippen molar-refractivity contribution in [1.29, 1.82) is 0 Å². The van der Waals surface area contributed by atoms with Gasteiger partial charge < -0.3 is 14.2 Å². The number of amides is 1. The van der Waals surface area contributed by atoms with Crippen LogP contribution >= 0.6 is 0 Å². The van der Waals surface area contributed by atoms with E-state index < -0.39 is 0 Å². The normalized spacial score (nSPS) is 16.3. The zero-order valence-electron chi connectivity index (χ0n) is 17.2. The number of methoxy groups -OCH3 is 1. The minimum absolute atomic E-state index is 0.0890. The molecular weight excluding hydrogens is 380 g/mol. The summed E-state index contributed by atoms with van der Waals surface area (Å²) < 4.78 is 7.57. The molecule has 3 aromatic heterocycles. The predicted octanol–water partition coefficient (Wildman–Crippen LogP) is 3.00. The Hall–Kier alpha value is -3.29.